The van der Waals surface area contributed by atoms with Crippen LogP contribution in [0.2, 0.25) is 0 Å². The Labute approximate surface area is 121 Å². The second-order valence-corrected chi connectivity index (χ2v) is 5.55. The van der Waals surface area contributed by atoms with Gasteiger partial charge in [0.15, 0.2) is 6.79 Å². The average Bonchev–Trinajstić information content (AvgIpc) is 2.40. The summed E-state index contributed by atoms with van der Waals surface area (Å²) in [6.45, 7) is 4.30. The van der Waals surface area contributed by atoms with Crippen LogP contribution < -0.4 is 10.1 Å². The summed E-state index contributed by atoms with van der Waals surface area (Å²) < 4.78 is 10.7. The van der Waals surface area contributed by atoms with Gasteiger partial charge in [0.2, 0.25) is 0 Å². The monoisotopic (exact) mass is 357 g/mol. The molecule has 0 aliphatic carbocycles. The van der Waals surface area contributed by atoms with Gasteiger partial charge < -0.3 is 14.8 Å². The summed E-state index contributed by atoms with van der Waals surface area (Å²) in [5, 5.41) is 3.34. The number of benzene rings is 1. The lowest BCUT2D eigenvalue weighted by atomic mass is 10.1. The third-order valence-electron chi connectivity index (χ3n) is 2.71. The van der Waals surface area contributed by atoms with E-state index in [1.54, 1.807) is 7.11 Å². The molecule has 0 saturated carbocycles. The van der Waals surface area contributed by atoms with Crippen molar-refractivity contribution in [1.82, 2.24) is 5.32 Å². The number of hydrogen-bond acceptors (Lipinski definition) is 3. The molecule has 1 aliphatic heterocycles. The van der Waals surface area contributed by atoms with E-state index in [9.17, 15) is 0 Å². The lowest BCUT2D eigenvalue weighted by molar-refractivity contribution is 0.0511. The van der Waals surface area contributed by atoms with Gasteiger partial charge in [0.05, 0.1) is 3.92 Å². The van der Waals surface area contributed by atoms with Gasteiger partial charge in [-0.05, 0) is 36.2 Å². The highest BCUT2D eigenvalue weighted by molar-refractivity contribution is 14.1. The third-order valence-corrected chi connectivity index (χ3v) is 3.97. The predicted octanol–water partition coefficient (Wildman–Crippen LogP) is 3.32. The van der Waals surface area contributed by atoms with Crippen LogP contribution in [0.3, 0.4) is 0 Å². The number of methoxy groups -OCH3 is 1. The topological polar surface area (TPSA) is 30.5 Å². The first-order valence-corrected chi connectivity index (χ1v) is 6.97. The maximum Gasteiger partial charge on any atom is 0.188 e. The fraction of sp³-hybridized carbons (Fsp3) is 0.286. The average molecular weight is 357 g/mol. The van der Waals surface area contributed by atoms with Crippen molar-refractivity contribution in [1.29, 1.82) is 0 Å². The molecule has 0 saturated heterocycles. The zero-order chi connectivity index (χ0) is 13.0. The van der Waals surface area contributed by atoms with Crippen molar-refractivity contribution in [3.8, 4) is 5.75 Å². The Bertz CT molecular complexity index is 453. The standard InChI is InChI=1S/C14H16INO2/c1-10-13(15)7-8-14(16-10)11-3-5-12(6-4-11)18-9-17-2/h3-6,8,13,16H,1,7,9H2,2H3. The molecule has 96 valence electrons. The van der Waals surface area contributed by atoms with Crippen molar-refractivity contribution < 1.29 is 9.47 Å². The van der Waals surface area contributed by atoms with Crippen LogP contribution in [-0.2, 0) is 4.74 Å². The second kappa shape index (κ2) is 6.24. The van der Waals surface area contributed by atoms with Crippen molar-refractivity contribution in [2.24, 2.45) is 0 Å². The molecule has 4 heteroatoms. The summed E-state index contributed by atoms with van der Waals surface area (Å²) in [5.41, 5.74) is 3.32. The maximum absolute atomic E-state index is 5.35. The molecule has 0 spiro atoms. The lowest BCUT2D eigenvalue weighted by Crippen LogP contribution is -2.22. The van der Waals surface area contributed by atoms with E-state index < -0.39 is 0 Å². The number of ether oxygens (including phenoxy) is 2. The number of halogens is 1. The van der Waals surface area contributed by atoms with Gasteiger partial charge in [-0.15, -0.1) is 0 Å². The molecule has 0 aromatic heterocycles. The summed E-state index contributed by atoms with van der Waals surface area (Å²) in [7, 11) is 1.61. The molecule has 0 radical (unpaired) electrons. The molecular formula is C14H16INO2. The Hall–Kier alpha value is -1.01. The summed E-state index contributed by atoms with van der Waals surface area (Å²) in [5.74, 6) is 0.808. The maximum atomic E-state index is 5.35. The van der Waals surface area contributed by atoms with E-state index in [1.165, 1.54) is 0 Å². The first kappa shape index (κ1) is 13.4. The van der Waals surface area contributed by atoms with Gasteiger partial charge in [0.25, 0.3) is 0 Å². The smallest absolute Gasteiger partial charge is 0.188 e. The molecule has 0 bridgehead atoms. The minimum Gasteiger partial charge on any atom is -0.468 e. The van der Waals surface area contributed by atoms with Crippen molar-refractivity contribution in [2.75, 3.05) is 13.9 Å². The molecule has 0 amide bonds. The van der Waals surface area contributed by atoms with Crippen molar-refractivity contribution in [3.63, 3.8) is 0 Å². The molecule has 1 aliphatic rings. The summed E-state index contributed by atoms with van der Waals surface area (Å²) in [6, 6.07) is 7.95. The van der Waals surface area contributed by atoms with Crippen molar-refractivity contribution in [2.45, 2.75) is 10.3 Å². The summed E-state index contributed by atoms with van der Waals surface area (Å²) in [6.07, 6.45) is 3.22. The van der Waals surface area contributed by atoms with E-state index in [0.29, 0.717) is 3.92 Å². The van der Waals surface area contributed by atoms with Crippen LogP contribution in [0.15, 0.2) is 42.6 Å². The van der Waals surface area contributed by atoms with Gasteiger partial charge in [-0.3, -0.25) is 0 Å². The van der Waals surface area contributed by atoms with Crippen LogP contribution in [0.1, 0.15) is 12.0 Å². The van der Waals surface area contributed by atoms with Gasteiger partial charge in [0.1, 0.15) is 5.75 Å². The molecule has 1 N–H and O–H groups in total. The van der Waals surface area contributed by atoms with Crippen molar-refractivity contribution in [3.05, 3.63) is 48.2 Å². The molecule has 1 unspecified atom stereocenters. The zero-order valence-corrected chi connectivity index (χ0v) is 12.4. The van der Waals surface area contributed by atoms with Crippen LogP contribution in [0.25, 0.3) is 5.70 Å². The quantitative estimate of drug-likeness (QED) is 0.510. The second-order valence-electron chi connectivity index (χ2n) is 4.05. The fourth-order valence-electron chi connectivity index (χ4n) is 1.71. The Morgan fingerprint density at radius 2 is 2.11 bits per heavy atom. The van der Waals surface area contributed by atoms with Crippen LogP contribution in [0.4, 0.5) is 0 Å². The number of allylic oxidation sites excluding steroid dienone is 2. The van der Waals surface area contributed by atoms with Gasteiger partial charge >= 0.3 is 0 Å². The first-order valence-electron chi connectivity index (χ1n) is 5.73. The number of alkyl halides is 1. The van der Waals surface area contributed by atoms with Crippen LogP contribution in [-0.4, -0.2) is 17.8 Å². The normalized spacial score (nSPS) is 19.1. The summed E-state index contributed by atoms with van der Waals surface area (Å²) >= 11 is 2.39. The Balaban J connectivity index is 2.08. The first-order chi connectivity index (χ1) is 8.70. The highest BCUT2D eigenvalue weighted by atomic mass is 127. The molecule has 1 aromatic carbocycles. The molecule has 1 aromatic rings. The Kier molecular flexibility index (Phi) is 4.66. The van der Waals surface area contributed by atoms with Gasteiger partial charge in [0, 0.05) is 18.5 Å². The molecule has 1 heterocycles. The van der Waals surface area contributed by atoms with E-state index in [0.717, 1.165) is 29.1 Å². The van der Waals surface area contributed by atoms with E-state index in [-0.39, 0.29) is 6.79 Å². The van der Waals surface area contributed by atoms with Gasteiger partial charge in [-0.2, -0.15) is 0 Å². The SMILES string of the molecule is C=C1NC(c2ccc(OCOC)cc2)=CCC1I. The molecule has 0 fully saturated rings. The molecule has 3 nitrogen and oxygen atoms in total. The fourth-order valence-corrected chi connectivity index (χ4v) is 2.12. The minimum absolute atomic E-state index is 0.271. The summed E-state index contributed by atoms with van der Waals surface area (Å²) in [4.78, 5) is 0. The van der Waals surface area contributed by atoms with Crippen LogP contribution >= 0.6 is 22.6 Å². The molecule has 1 atom stereocenters. The van der Waals surface area contributed by atoms with Crippen LogP contribution in [0, 0.1) is 0 Å². The highest BCUT2D eigenvalue weighted by Gasteiger charge is 2.15. The minimum atomic E-state index is 0.271. The van der Waals surface area contributed by atoms with E-state index >= 15 is 0 Å². The largest absolute Gasteiger partial charge is 0.468 e. The highest BCUT2D eigenvalue weighted by Crippen LogP contribution is 2.26. The zero-order valence-electron chi connectivity index (χ0n) is 10.3. The molecule has 2 rings (SSSR count). The number of nitrogens with one attached hydrogen (secondary N) is 1. The van der Waals surface area contributed by atoms with Crippen molar-refractivity contribution >= 4 is 28.3 Å². The van der Waals surface area contributed by atoms with E-state index in [4.69, 9.17) is 9.47 Å². The van der Waals surface area contributed by atoms with E-state index in [2.05, 4.69) is 40.6 Å². The van der Waals surface area contributed by atoms with Crippen LogP contribution in [0.5, 0.6) is 5.75 Å². The van der Waals surface area contributed by atoms with Gasteiger partial charge in [-0.1, -0.05) is 35.2 Å². The predicted molar refractivity (Wildman–Crippen MR) is 81.6 cm³/mol. The number of hydrogen-bond donors (Lipinski definition) is 1. The molecule has 18 heavy (non-hydrogen) atoms. The Morgan fingerprint density at radius 1 is 1.39 bits per heavy atom. The number of rotatable bonds is 4. The van der Waals surface area contributed by atoms with Gasteiger partial charge in [-0.25, -0.2) is 0 Å². The molecular weight excluding hydrogens is 341 g/mol. The van der Waals surface area contributed by atoms with E-state index in [1.807, 2.05) is 24.3 Å². The third kappa shape index (κ3) is 3.26. The lowest BCUT2D eigenvalue weighted by Gasteiger charge is -2.22. The Morgan fingerprint density at radius 3 is 2.72 bits per heavy atom.